The lowest BCUT2D eigenvalue weighted by molar-refractivity contribution is -0.189. The Hall–Kier alpha value is -2.18. The third-order valence-corrected chi connectivity index (χ3v) is 10.9. The first-order chi connectivity index (χ1) is 17.7. The maximum atomic E-state index is 14.6. The number of carbonyl (C=O) groups is 2. The summed E-state index contributed by atoms with van der Waals surface area (Å²) in [6.45, 7) is 2.21. The van der Waals surface area contributed by atoms with Crippen molar-refractivity contribution in [1.29, 1.82) is 0 Å². The Morgan fingerprint density at radius 3 is 2.32 bits per heavy atom. The van der Waals surface area contributed by atoms with Gasteiger partial charge in [-0.3, -0.25) is 0 Å². The second kappa shape index (κ2) is 9.23. The number of carbonyl (C=O) groups excluding carboxylic acids is 1. The van der Waals surface area contributed by atoms with Crippen LogP contribution in [-0.2, 0) is 9.53 Å². The number of hydrogen-bond acceptors (Lipinski definition) is 4. The molecule has 0 radical (unpaired) electrons. The molecule has 0 saturated heterocycles. The van der Waals surface area contributed by atoms with E-state index in [1.807, 2.05) is 0 Å². The second-order valence-corrected chi connectivity index (χ2v) is 12.5. The third kappa shape index (κ3) is 4.06. The van der Waals surface area contributed by atoms with Gasteiger partial charge in [-0.1, -0.05) is 26.2 Å². The van der Waals surface area contributed by atoms with E-state index in [2.05, 4.69) is 6.92 Å². The van der Waals surface area contributed by atoms with E-state index in [0.29, 0.717) is 24.5 Å². The summed E-state index contributed by atoms with van der Waals surface area (Å²) in [5.41, 5.74) is -0.0467. The Morgan fingerprint density at radius 2 is 1.68 bits per heavy atom. The lowest BCUT2D eigenvalue weighted by atomic mass is 9.65. The van der Waals surface area contributed by atoms with Crippen LogP contribution in [0.15, 0.2) is 24.3 Å². The molecular formula is C30H38F2O5. The first-order valence-electron chi connectivity index (χ1n) is 14.3. The summed E-state index contributed by atoms with van der Waals surface area (Å²) in [6, 6.07) is 6.54. The molecular weight excluding hydrogens is 478 g/mol. The van der Waals surface area contributed by atoms with Crippen LogP contribution in [0.3, 0.4) is 0 Å². The molecule has 5 aliphatic rings. The Morgan fingerprint density at radius 1 is 1.00 bits per heavy atom. The summed E-state index contributed by atoms with van der Waals surface area (Å²) in [6.07, 6.45) is 8.75. The van der Waals surface area contributed by atoms with Crippen LogP contribution in [0.2, 0.25) is 0 Å². The largest absolute Gasteiger partial charge is 0.487 e. The van der Waals surface area contributed by atoms with E-state index in [4.69, 9.17) is 14.6 Å². The van der Waals surface area contributed by atoms with Gasteiger partial charge in [0, 0.05) is 11.8 Å². The standard InChI is InChI=1S/C30H38F2O5/c1-2-29(16-21-15-23(29)25-20-9-8-19(14-20)24(21)25)37-22-12-10-18(11-13-22)27(33)36-26(30(31,32)28(34)35)17-6-4-3-5-7-17/h10-13,17,19-21,23-26H,2-9,14-16H2,1H3,(H,34,35). The van der Waals surface area contributed by atoms with Crippen LogP contribution in [-0.4, -0.2) is 34.7 Å². The molecule has 5 nitrogen and oxygen atoms in total. The number of hydrogen-bond donors (Lipinski definition) is 1. The molecule has 37 heavy (non-hydrogen) atoms. The Kier molecular flexibility index (Phi) is 6.27. The molecule has 1 aromatic rings. The minimum atomic E-state index is -4.13. The van der Waals surface area contributed by atoms with Gasteiger partial charge in [0.2, 0.25) is 0 Å². The van der Waals surface area contributed by atoms with E-state index in [-0.39, 0.29) is 11.2 Å². The minimum absolute atomic E-state index is 0.126. The number of rotatable bonds is 8. The molecule has 0 heterocycles. The number of esters is 1. The van der Waals surface area contributed by atoms with Gasteiger partial charge in [-0.15, -0.1) is 0 Å². The van der Waals surface area contributed by atoms with E-state index in [1.54, 1.807) is 24.3 Å². The van der Waals surface area contributed by atoms with Crippen molar-refractivity contribution in [2.24, 2.45) is 41.4 Å². The lowest BCUT2D eigenvalue weighted by Crippen LogP contribution is -2.49. The smallest absolute Gasteiger partial charge is 0.378 e. The van der Waals surface area contributed by atoms with Gasteiger partial charge in [-0.25, -0.2) is 9.59 Å². The predicted molar refractivity (Wildman–Crippen MR) is 132 cm³/mol. The quantitative estimate of drug-likeness (QED) is 0.306. The van der Waals surface area contributed by atoms with Crippen molar-refractivity contribution in [3.8, 4) is 5.75 Å². The number of benzene rings is 1. The molecule has 202 valence electrons. The van der Waals surface area contributed by atoms with Gasteiger partial charge in [0.15, 0.2) is 6.10 Å². The summed E-state index contributed by atoms with van der Waals surface area (Å²) in [4.78, 5) is 24.2. The molecule has 0 aromatic heterocycles. The van der Waals surface area contributed by atoms with Gasteiger partial charge in [-0.05, 0) is 105 Å². The summed E-state index contributed by atoms with van der Waals surface area (Å²) in [7, 11) is 0. The molecule has 5 saturated carbocycles. The van der Waals surface area contributed by atoms with Gasteiger partial charge in [0.25, 0.3) is 0 Å². The molecule has 4 bridgehead atoms. The summed E-state index contributed by atoms with van der Waals surface area (Å²) in [5.74, 6) is -2.47. The molecule has 7 heteroatoms. The Bertz CT molecular complexity index is 1030. The van der Waals surface area contributed by atoms with Crippen molar-refractivity contribution in [3.05, 3.63) is 29.8 Å². The van der Waals surface area contributed by atoms with Crippen molar-refractivity contribution in [2.45, 2.75) is 95.2 Å². The fraction of sp³-hybridized carbons (Fsp3) is 0.733. The minimum Gasteiger partial charge on any atom is -0.487 e. The van der Waals surface area contributed by atoms with Crippen LogP contribution in [0.5, 0.6) is 5.75 Å². The molecule has 5 fully saturated rings. The van der Waals surface area contributed by atoms with Gasteiger partial charge >= 0.3 is 17.9 Å². The van der Waals surface area contributed by atoms with E-state index in [9.17, 15) is 18.4 Å². The average Bonchev–Trinajstić information content (AvgIpc) is 3.68. The Labute approximate surface area is 217 Å². The van der Waals surface area contributed by atoms with Crippen LogP contribution in [0.25, 0.3) is 0 Å². The number of carboxylic acid groups (broad SMARTS) is 1. The number of ether oxygens (including phenoxy) is 2. The van der Waals surface area contributed by atoms with E-state index in [1.165, 1.54) is 25.7 Å². The first kappa shape index (κ1) is 25.1. The molecule has 0 aliphatic heterocycles. The molecule has 8 unspecified atom stereocenters. The molecule has 5 aliphatic carbocycles. The topological polar surface area (TPSA) is 72.8 Å². The van der Waals surface area contributed by atoms with Gasteiger partial charge < -0.3 is 14.6 Å². The van der Waals surface area contributed by atoms with Crippen LogP contribution in [0, 0.1) is 41.4 Å². The zero-order valence-corrected chi connectivity index (χ0v) is 21.5. The van der Waals surface area contributed by atoms with Crippen molar-refractivity contribution in [2.75, 3.05) is 0 Å². The van der Waals surface area contributed by atoms with E-state index in [0.717, 1.165) is 61.7 Å². The normalized spacial score (nSPS) is 37.4. The molecule has 1 N–H and O–H groups in total. The fourth-order valence-electron chi connectivity index (χ4n) is 9.39. The van der Waals surface area contributed by atoms with Crippen LogP contribution in [0.1, 0.15) is 87.9 Å². The first-order valence-corrected chi connectivity index (χ1v) is 14.3. The summed E-state index contributed by atoms with van der Waals surface area (Å²) < 4.78 is 41.1. The molecule has 6 rings (SSSR count). The number of alkyl halides is 2. The number of halogens is 2. The zero-order valence-electron chi connectivity index (χ0n) is 21.5. The average molecular weight is 517 g/mol. The van der Waals surface area contributed by atoms with Crippen molar-refractivity contribution in [3.63, 3.8) is 0 Å². The highest BCUT2D eigenvalue weighted by atomic mass is 19.3. The monoisotopic (exact) mass is 516 g/mol. The lowest BCUT2D eigenvalue weighted by Gasteiger charge is -2.46. The predicted octanol–water partition coefficient (Wildman–Crippen LogP) is 6.74. The number of fused-ring (bicyclic) bond motifs is 9. The van der Waals surface area contributed by atoms with Crippen LogP contribution >= 0.6 is 0 Å². The Balaban J connectivity index is 1.15. The molecule has 1 aromatic carbocycles. The number of aliphatic carboxylic acids is 1. The van der Waals surface area contributed by atoms with Gasteiger partial charge in [-0.2, -0.15) is 8.78 Å². The molecule has 8 atom stereocenters. The SMILES string of the molecule is CCC1(Oc2ccc(C(=O)OC(C3CCCCC3)C(F)(F)C(=O)O)cc2)CC2CC1C1C3CCC(C3)C21. The van der Waals surface area contributed by atoms with Gasteiger partial charge in [0.05, 0.1) is 5.56 Å². The second-order valence-electron chi connectivity index (χ2n) is 12.5. The highest BCUT2D eigenvalue weighted by Crippen LogP contribution is 2.70. The highest BCUT2D eigenvalue weighted by Gasteiger charge is 2.67. The third-order valence-electron chi connectivity index (χ3n) is 10.9. The van der Waals surface area contributed by atoms with Crippen molar-refractivity contribution < 1.29 is 33.0 Å². The zero-order chi connectivity index (χ0) is 25.9. The highest BCUT2D eigenvalue weighted by molar-refractivity contribution is 5.90. The molecule has 0 spiro atoms. The van der Waals surface area contributed by atoms with Gasteiger partial charge in [0.1, 0.15) is 11.4 Å². The molecule has 0 amide bonds. The maximum absolute atomic E-state index is 14.6. The van der Waals surface area contributed by atoms with Crippen molar-refractivity contribution in [1.82, 2.24) is 0 Å². The van der Waals surface area contributed by atoms with E-state index < -0.39 is 29.9 Å². The summed E-state index contributed by atoms with van der Waals surface area (Å²) in [5, 5.41) is 9.12. The van der Waals surface area contributed by atoms with Crippen LogP contribution in [0.4, 0.5) is 8.78 Å². The van der Waals surface area contributed by atoms with Crippen molar-refractivity contribution >= 4 is 11.9 Å². The maximum Gasteiger partial charge on any atom is 0.378 e. The summed E-state index contributed by atoms with van der Waals surface area (Å²) >= 11 is 0. The fourth-order valence-corrected chi connectivity index (χ4v) is 9.39. The number of carboxylic acids is 1. The van der Waals surface area contributed by atoms with E-state index >= 15 is 0 Å². The van der Waals surface area contributed by atoms with Crippen LogP contribution < -0.4 is 4.74 Å².